The molecule has 0 bridgehead atoms. The van der Waals surface area contributed by atoms with Gasteiger partial charge in [0.25, 0.3) is 11.6 Å². The minimum atomic E-state index is -0.574. The number of pyridine rings is 1. The first kappa shape index (κ1) is 12.9. The van der Waals surface area contributed by atoms with Crippen LogP contribution in [0.15, 0.2) is 12.3 Å². The van der Waals surface area contributed by atoms with Gasteiger partial charge in [0.05, 0.1) is 10.5 Å². The standard InChI is InChI=1S/C10H14N4O3/c1-4-11-9-8(10(15)13(2)3)5-7(6-12-9)14(16)17/h5-6H,4H2,1-3H3,(H,11,12). The van der Waals surface area contributed by atoms with Crippen LogP contribution in [-0.2, 0) is 0 Å². The highest BCUT2D eigenvalue weighted by atomic mass is 16.6. The summed E-state index contributed by atoms with van der Waals surface area (Å²) in [7, 11) is 3.16. The number of carbonyl (C=O) groups excluding carboxylic acids is 1. The zero-order valence-corrected chi connectivity index (χ0v) is 9.93. The van der Waals surface area contributed by atoms with Gasteiger partial charge in [-0.2, -0.15) is 0 Å². The lowest BCUT2D eigenvalue weighted by Crippen LogP contribution is -2.23. The van der Waals surface area contributed by atoms with E-state index in [4.69, 9.17) is 0 Å². The molecule has 7 nitrogen and oxygen atoms in total. The van der Waals surface area contributed by atoms with Gasteiger partial charge >= 0.3 is 0 Å². The van der Waals surface area contributed by atoms with Crippen LogP contribution in [0.1, 0.15) is 17.3 Å². The number of hydrogen-bond donors (Lipinski definition) is 1. The number of hydrogen-bond acceptors (Lipinski definition) is 5. The highest BCUT2D eigenvalue weighted by molar-refractivity contribution is 5.99. The number of anilines is 1. The van der Waals surface area contributed by atoms with Crippen molar-refractivity contribution in [1.82, 2.24) is 9.88 Å². The van der Waals surface area contributed by atoms with E-state index >= 15 is 0 Å². The van der Waals surface area contributed by atoms with Crippen LogP contribution in [-0.4, -0.2) is 41.4 Å². The highest BCUT2D eigenvalue weighted by Gasteiger charge is 2.18. The van der Waals surface area contributed by atoms with Crippen molar-refractivity contribution >= 4 is 17.4 Å². The van der Waals surface area contributed by atoms with Crippen LogP contribution in [0.25, 0.3) is 0 Å². The second kappa shape index (κ2) is 5.24. The summed E-state index contributed by atoms with van der Waals surface area (Å²) in [5, 5.41) is 13.5. The van der Waals surface area contributed by atoms with E-state index in [1.807, 2.05) is 6.92 Å². The summed E-state index contributed by atoms with van der Waals surface area (Å²) in [6.45, 7) is 2.44. The minimum Gasteiger partial charge on any atom is -0.370 e. The molecule has 0 aliphatic rings. The summed E-state index contributed by atoms with van der Waals surface area (Å²) >= 11 is 0. The Hall–Kier alpha value is -2.18. The van der Waals surface area contributed by atoms with Crippen LogP contribution in [0.3, 0.4) is 0 Å². The van der Waals surface area contributed by atoms with Gasteiger partial charge in [0.1, 0.15) is 12.0 Å². The summed E-state index contributed by atoms with van der Waals surface area (Å²) in [4.78, 5) is 27.1. The van der Waals surface area contributed by atoms with Gasteiger partial charge in [-0.25, -0.2) is 4.98 Å². The SMILES string of the molecule is CCNc1ncc([N+](=O)[O-])cc1C(=O)N(C)C. The van der Waals surface area contributed by atoms with E-state index in [1.165, 1.54) is 11.0 Å². The number of nitrogens with one attached hydrogen (secondary N) is 1. The molecule has 0 fully saturated rings. The fourth-order valence-corrected chi connectivity index (χ4v) is 1.27. The molecule has 17 heavy (non-hydrogen) atoms. The maximum absolute atomic E-state index is 11.8. The molecule has 0 unspecified atom stereocenters. The second-order valence-electron chi connectivity index (χ2n) is 3.58. The van der Waals surface area contributed by atoms with E-state index in [2.05, 4.69) is 10.3 Å². The molecule has 0 aliphatic carbocycles. The largest absolute Gasteiger partial charge is 0.370 e. The third-order valence-corrected chi connectivity index (χ3v) is 2.06. The first-order valence-corrected chi connectivity index (χ1v) is 5.07. The minimum absolute atomic E-state index is 0.197. The monoisotopic (exact) mass is 238 g/mol. The molecule has 1 rings (SSSR count). The Bertz CT molecular complexity index is 445. The van der Waals surface area contributed by atoms with Crippen LogP contribution in [0.5, 0.6) is 0 Å². The Morgan fingerprint density at radius 1 is 1.59 bits per heavy atom. The Kier molecular flexibility index (Phi) is 3.97. The third kappa shape index (κ3) is 2.90. The van der Waals surface area contributed by atoms with Crippen molar-refractivity contribution in [3.63, 3.8) is 0 Å². The first-order chi connectivity index (χ1) is 7.97. The van der Waals surface area contributed by atoms with E-state index in [1.54, 1.807) is 14.1 Å². The lowest BCUT2D eigenvalue weighted by atomic mass is 10.2. The Labute approximate surface area is 98.6 Å². The Balaban J connectivity index is 3.24. The van der Waals surface area contributed by atoms with Crippen molar-refractivity contribution in [2.24, 2.45) is 0 Å². The summed E-state index contributed by atoms with van der Waals surface area (Å²) in [6, 6.07) is 1.23. The molecule has 0 radical (unpaired) electrons. The molecule has 0 spiro atoms. The van der Waals surface area contributed by atoms with Crippen LogP contribution >= 0.6 is 0 Å². The molecule has 0 aromatic carbocycles. The van der Waals surface area contributed by atoms with Crippen LogP contribution in [0, 0.1) is 10.1 Å². The first-order valence-electron chi connectivity index (χ1n) is 5.07. The van der Waals surface area contributed by atoms with Crippen molar-refractivity contribution < 1.29 is 9.72 Å². The van der Waals surface area contributed by atoms with Crippen LogP contribution < -0.4 is 5.32 Å². The van der Waals surface area contributed by atoms with Gasteiger partial charge < -0.3 is 10.2 Å². The molecule has 92 valence electrons. The van der Waals surface area contributed by atoms with Crippen molar-refractivity contribution in [2.75, 3.05) is 26.0 Å². The smallest absolute Gasteiger partial charge is 0.288 e. The van der Waals surface area contributed by atoms with E-state index in [9.17, 15) is 14.9 Å². The third-order valence-electron chi connectivity index (χ3n) is 2.06. The zero-order chi connectivity index (χ0) is 13.0. The maximum atomic E-state index is 11.8. The summed E-state index contributed by atoms with van der Waals surface area (Å²) in [5.74, 6) is 0.0361. The molecule has 0 aliphatic heterocycles. The Morgan fingerprint density at radius 3 is 2.71 bits per heavy atom. The van der Waals surface area contributed by atoms with Gasteiger partial charge in [-0.05, 0) is 6.92 Å². The summed E-state index contributed by atoms with van der Waals surface area (Å²) < 4.78 is 0. The van der Waals surface area contributed by atoms with Gasteiger partial charge in [-0.3, -0.25) is 14.9 Å². The van der Waals surface area contributed by atoms with Crippen LogP contribution in [0.4, 0.5) is 11.5 Å². The predicted octanol–water partition coefficient (Wildman–Crippen LogP) is 1.12. The van der Waals surface area contributed by atoms with Gasteiger partial charge in [0.2, 0.25) is 0 Å². The molecular weight excluding hydrogens is 224 g/mol. The van der Waals surface area contributed by atoms with Crippen molar-refractivity contribution in [3.8, 4) is 0 Å². The van der Waals surface area contributed by atoms with Gasteiger partial charge in [-0.1, -0.05) is 0 Å². The Morgan fingerprint density at radius 2 is 2.24 bits per heavy atom. The normalized spacial score (nSPS) is 9.82. The fourth-order valence-electron chi connectivity index (χ4n) is 1.27. The highest BCUT2D eigenvalue weighted by Crippen LogP contribution is 2.20. The average Bonchev–Trinajstić information content (AvgIpc) is 2.28. The quantitative estimate of drug-likeness (QED) is 0.627. The number of nitrogens with zero attached hydrogens (tertiary/aromatic N) is 3. The van der Waals surface area contributed by atoms with Gasteiger partial charge in [0.15, 0.2) is 0 Å². The molecular formula is C10H14N4O3. The molecule has 1 heterocycles. The predicted molar refractivity (Wildman–Crippen MR) is 63.1 cm³/mol. The van der Waals surface area contributed by atoms with Crippen LogP contribution in [0.2, 0.25) is 0 Å². The van der Waals surface area contributed by atoms with Gasteiger partial charge in [-0.15, -0.1) is 0 Å². The lowest BCUT2D eigenvalue weighted by Gasteiger charge is -2.13. The van der Waals surface area contributed by atoms with Crippen molar-refractivity contribution in [2.45, 2.75) is 6.92 Å². The number of nitro groups is 1. The lowest BCUT2D eigenvalue weighted by molar-refractivity contribution is -0.385. The number of amides is 1. The number of aromatic nitrogens is 1. The molecule has 7 heteroatoms. The summed E-state index contributed by atoms with van der Waals surface area (Å²) in [6.07, 6.45) is 1.13. The molecule has 0 atom stereocenters. The zero-order valence-electron chi connectivity index (χ0n) is 9.93. The molecule has 1 N–H and O–H groups in total. The molecule has 1 amide bonds. The number of carbonyl (C=O) groups is 1. The van der Waals surface area contributed by atoms with E-state index in [0.717, 1.165) is 6.20 Å². The number of rotatable bonds is 4. The molecule has 0 saturated carbocycles. The van der Waals surface area contributed by atoms with Gasteiger partial charge in [0, 0.05) is 26.7 Å². The molecule has 0 saturated heterocycles. The topological polar surface area (TPSA) is 88.4 Å². The van der Waals surface area contributed by atoms with Crippen molar-refractivity contribution in [3.05, 3.63) is 27.9 Å². The molecule has 1 aromatic rings. The van der Waals surface area contributed by atoms with E-state index < -0.39 is 4.92 Å². The maximum Gasteiger partial charge on any atom is 0.288 e. The average molecular weight is 238 g/mol. The molecule has 1 aromatic heterocycles. The van der Waals surface area contributed by atoms with E-state index in [0.29, 0.717) is 12.4 Å². The van der Waals surface area contributed by atoms with E-state index in [-0.39, 0.29) is 17.2 Å². The van der Waals surface area contributed by atoms with Crippen molar-refractivity contribution in [1.29, 1.82) is 0 Å². The summed E-state index contributed by atoms with van der Waals surface area (Å²) in [5.41, 5.74) is 0.00269. The fraction of sp³-hybridized carbons (Fsp3) is 0.400. The second-order valence-corrected chi connectivity index (χ2v) is 3.58.